The zero-order valence-corrected chi connectivity index (χ0v) is 20.2. The monoisotopic (exact) mass is 467 g/mol. The molecule has 0 aliphatic heterocycles. The molecule has 7 N–H and O–H groups in total. The van der Waals surface area contributed by atoms with Gasteiger partial charge in [-0.3, -0.25) is 11.3 Å². The van der Waals surface area contributed by atoms with Gasteiger partial charge in [0.25, 0.3) is 0 Å². The van der Waals surface area contributed by atoms with Crippen LogP contribution in [0.15, 0.2) is 18.2 Å². The molecule has 0 saturated heterocycles. The number of nitrogens with zero attached hydrogens (tertiary/aromatic N) is 1. The zero-order valence-electron chi connectivity index (χ0n) is 19.2. The smallest absolute Gasteiger partial charge is 0.616 e. The van der Waals surface area contributed by atoms with E-state index in [1.165, 1.54) is 17.7 Å². The quantitative estimate of drug-likeness (QED) is 0.385. The molecule has 7 nitrogen and oxygen atoms in total. The third-order valence-electron chi connectivity index (χ3n) is 5.31. The van der Waals surface area contributed by atoms with Crippen LogP contribution in [0.2, 0.25) is 0 Å². The summed E-state index contributed by atoms with van der Waals surface area (Å²) in [4.78, 5) is 9.54. The molecule has 0 heterocycles. The molecule has 1 rings (SSSR count). The molecular formula is C22H40CoN4O3. The fourth-order valence-corrected chi connectivity index (χ4v) is 2.40. The van der Waals surface area contributed by atoms with E-state index in [9.17, 15) is 4.79 Å². The Kier molecular flexibility index (Phi) is 15.1. The number of benzene rings is 1. The van der Waals surface area contributed by atoms with Crippen molar-refractivity contribution in [2.45, 2.75) is 71.3 Å². The summed E-state index contributed by atoms with van der Waals surface area (Å²) < 4.78 is 5.94. The van der Waals surface area contributed by atoms with Crippen LogP contribution >= 0.6 is 0 Å². The van der Waals surface area contributed by atoms with Gasteiger partial charge >= 0.3 is 16.8 Å². The molecule has 1 radical (unpaired) electrons. The fourth-order valence-electron chi connectivity index (χ4n) is 2.40. The number of carboxylic acid groups (broad SMARTS) is 1. The van der Waals surface area contributed by atoms with E-state index in [0.717, 1.165) is 18.6 Å². The van der Waals surface area contributed by atoms with E-state index in [4.69, 9.17) is 27.0 Å². The predicted molar refractivity (Wildman–Crippen MR) is 120 cm³/mol. The Labute approximate surface area is 192 Å². The van der Waals surface area contributed by atoms with Gasteiger partial charge < -0.3 is 32.4 Å². The van der Waals surface area contributed by atoms with E-state index in [-0.39, 0.29) is 40.2 Å². The van der Waals surface area contributed by atoms with E-state index < -0.39 is 6.09 Å². The SMILES string of the molecule is CCC(C)(C)c1ccc(OCC(N)[CH-]N)c(C(C)(C)CC)c1.NCC[N-]C(=O)O.[Co+2]. The summed E-state index contributed by atoms with van der Waals surface area (Å²) in [5.41, 5.74) is 19.0. The van der Waals surface area contributed by atoms with Crippen LogP contribution in [-0.2, 0) is 27.6 Å². The number of hydrogen-bond donors (Lipinski definition) is 4. The van der Waals surface area contributed by atoms with E-state index in [0.29, 0.717) is 13.2 Å². The Morgan fingerprint density at radius 3 is 2.17 bits per heavy atom. The maximum atomic E-state index is 9.54. The molecule has 0 aromatic heterocycles. The van der Waals surface area contributed by atoms with Gasteiger partial charge in [-0.25, -0.2) is 0 Å². The van der Waals surface area contributed by atoms with Crippen LogP contribution in [0.4, 0.5) is 4.79 Å². The van der Waals surface area contributed by atoms with Crippen molar-refractivity contribution in [2.24, 2.45) is 17.2 Å². The summed E-state index contributed by atoms with van der Waals surface area (Å²) in [6.07, 6.45) is 1.01. The van der Waals surface area contributed by atoms with Gasteiger partial charge in [-0.05, 0) is 41.8 Å². The van der Waals surface area contributed by atoms with Gasteiger partial charge in [0.15, 0.2) is 0 Å². The minimum absolute atomic E-state index is 0. The molecule has 0 aliphatic carbocycles. The van der Waals surface area contributed by atoms with Crippen molar-refractivity contribution in [3.05, 3.63) is 41.2 Å². The fraction of sp³-hybridized carbons (Fsp3) is 0.636. The van der Waals surface area contributed by atoms with E-state index >= 15 is 0 Å². The Morgan fingerprint density at radius 1 is 1.20 bits per heavy atom. The largest absolute Gasteiger partial charge is 2.00 e. The van der Waals surface area contributed by atoms with Crippen LogP contribution in [0.3, 0.4) is 0 Å². The molecule has 1 aromatic rings. The number of rotatable bonds is 10. The van der Waals surface area contributed by atoms with E-state index in [1.807, 2.05) is 0 Å². The third-order valence-corrected chi connectivity index (χ3v) is 5.31. The molecule has 1 aromatic carbocycles. The Hall–Kier alpha value is -1.32. The third kappa shape index (κ3) is 10.6. The van der Waals surface area contributed by atoms with Crippen LogP contribution in [0.5, 0.6) is 5.75 Å². The number of carbonyl (C=O) groups is 1. The zero-order chi connectivity index (χ0) is 22.7. The molecule has 30 heavy (non-hydrogen) atoms. The number of amides is 1. The van der Waals surface area contributed by atoms with Crippen molar-refractivity contribution in [1.82, 2.24) is 0 Å². The molecular weight excluding hydrogens is 427 g/mol. The molecule has 0 spiro atoms. The number of ether oxygens (including phenoxy) is 1. The van der Waals surface area contributed by atoms with Gasteiger partial charge in [0.05, 0.1) is 6.61 Å². The van der Waals surface area contributed by atoms with Gasteiger partial charge in [0, 0.05) is 5.56 Å². The number of hydrogen-bond acceptors (Lipinski definition) is 5. The van der Waals surface area contributed by atoms with Crippen molar-refractivity contribution in [3.63, 3.8) is 0 Å². The molecule has 0 aliphatic rings. The molecule has 8 heteroatoms. The maximum Gasteiger partial charge on any atom is 2.00 e. The summed E-state index contributed by atoms with van der Waals surface area (Å²) in [6.45, 7) is 15.9. The number of nitrogens with two attached hydrogens (primary N) is 3. The molecule has 0 fully saturated rings. The second kappa shape index (κ2) is 14.6. The Balaban J connectivity index is 0. The second-order valence-corrected chi connectivity index (χ2v) is 8.31. The first-order valence-corrected chi connectivity index (χ1v) is 10.1. The van der Waals surface area contributed by atoms with Crippen molar-refractivity contribution in [2.75, 3.05) is 19.7 Å². The second-order valence-electron chi connectivity index (χ2n) is 8.31. The summed E-state index contributed by atoms with van der Waals surface area (Å²) in [5.74, 6) is 0.916. The summed E-state index contributed by atoms with van der Waals surface area (Å²) >= 11 is 0. The van der Waals surface area contributed by atoms with Crippen molar-refractivity contribution < 1.29 is 31.4 Å². The molecule has 0 saturated carbocycles. The van der Waals surface area contributed by atoms with Gasteiger partial charge in [-0.1, -0.05) is 59.7 Å². The first kappa shape index (κ1) is 30.9. The van der Waals surface area contributed by atoms with Crippen molar-refractivity contribution in [1.29, 1.82) is 0 Å². The molecule has 1 amide bonds. The van der Waals surface area contributed by atoms with Gasteiger partial charge in [-0.2, -0.15) is 0 Å². The normalized spacial score (nSPS) is 12.2. The van der Waals surface area contributed by atoms with Gasteiger partial charge in [-0.15, -0.1) is 6.54 Å². The van der Waals surface area contributed by atoms with Crippen LogP contribution in [0.1, 0.15) is 65.5 Å². The standard InChI is InChI=1S/C19H33N2O.C3H7N2O2.Co/c1-7-18(3,4)14-9-10-17(22-13-15(21)12-20)16(11-14)19(5,6)8-2;4-1-2-5-3(6)7;/h9-12,15H,7-8,13,20-21H2,1-6H3;1-2,4H2,(H,6,7);/q2*-1;+2. The summed E-state index contributed by atoms with van der Waals surface area (Å²) in [7, 11) is 0. The minimum atomic E-state index is -1.15. The van der Waals surface area contributed by atoms with E-state index in [2.05, 4.69) is 65.1 Å². The first-order valence-electron chi connectivity index (χ1n) is 10.1. The van der Waals surface area contributed by atoms with Gasteiger partial charge in [0.1, 0.15) is 5.75 Å². The first-order chi connectivity index (χ1) is 13.4. The maximum absolute atomic E-state index is 9.54. The van der Waals surface area contributed by atoms with Crippen LogP contribution < -0.4 is 21.9 Å². The van der Waals surface area contributed by atoms with Crippen LogP contribution in [0.25, 0.3) is 5.32 Å². The Morgan fingerprint density at radius 2 is 1.77 bits per heavy atom. The average Bonchev–Trinajstić information content (AvgIpc) is 2.70. The topological polar surface area (TPSA) is 139 Å². The molecule has 175 valence electrons. The van der Waals surface area contributed by atoms with Gasteiger partial charge in [0.2, 0.25) is 6.09 Å². The molecule has 1 atom stereocenters. The van der Waals surface area contributed by atoms with Crippen molar-refractivity contribution in [3.8, 4) is 5.75 Å². The van der Waals surface area contributed by atoms with E-state index in [1.54, 1.807) is 0 Å². The predicted octanol–water partition coefficient (Wildman–Crippen LogP) is 3.88. The van der Waals surface area contributed by atoms with Crippen LogP contribution in [-0.4, -0.2) is 36.9 Å². The minimum Gasteiger partial charge on any atom is -0.616 e. The average molecular weight is 468 g/mol. The summed E-state index contributed by atoms with van der Waals surface area (Å²) in [5, 5.41) is 10.9. The van der Waals surface area contributed by atoms with Crippen molar-refractivity contribution >= 4 is 6.09 Å². The summed E-state index contributed by atoms with van der Waals surface area (Å²) in [6, 6.07) is 6.32. The molecule has 0 bridgehead atoms. The Bertz CT molecular complexity index is 624. The van der Waals surface area contributed by atoms with Crippen LogP contribution in [0, 0.1) is 6.54 Å². The molecule has 1 unspecified atom stereocenters.